The maximum absolute atomic E-state index is 14.2. The fourth-order valence-electron chi connectivity index (χ4n) is 10.2. The van der Waals surface area contributed by atoms with Crippen LogP contribution in [-0.4, -0.2) is 150 Å². The minimum absolute atomic E-state index is 0.316. The molecule has 0 bridgehead atoms. The summed E-state index contributed by atoms with van der Waals surface area (Å²) in [7, 11) is 0. The van der Waals surface area contributed by atoms with Crippen LogP contribution in [0.5, 0.6) is 0 Å². The van der Waals surface area contributed by atoms with E-state index in [9.17, 15) is 9.59 Å². The number of rotatable bonds is 22. The molecule has 0 spiro atoms. The molecule has 0 unspecified atom stereocenters. The summed E-state index contributed by atoms with van der Waals surface area (Å²) < 4.78 is 14.9. The van der Waals surface area contributed by atoms with Gasteiger partial charge in [0.25, 0.3) is 0 Å². The minimum atomic E-state index is -0.426. The number of amides is 4. The molecular formula is C62H74N16O4. The number of nitrogens with one attached hydrogen (secondary N) is 4. The van der Waals surface area contributed by atoms with Gasteiger partial charge in [-0.15, -0.1) is 0 Å². The van der Waals surface area contributed by atoms with E-state index in [1.165, 1.54) is 21.1 Å². The molecule has 20 heteroatoms. The number of anilines is 6. The molecule has 0 atom stereocenters. The molecule has 2 fully saturated rings. The van der Waals surface area contributed by atoms with E-state index in [0.29, 0.717) is 62.3 Å². The first kappa shape index (κ1) is 56.7. The van der Waals surface area contributed by atoms with Crippen molar-refractivity contribution in [2.24, 2.45) is 0 Å². The Labute approximate surface area is 479 Å². The van der Waals surface area contributed by atoms with Crippen LogP contribution in [0.3, 0.4) is 0 Å². The van der Waals surface area contributed by atoms with Gasteiger partial charge in [0.1, 0.15) is 5.69 Å². The van der Waals surface area contributed by atoms with Crippen molar-refractivity contribution in [1.29, 1.82) is 0 Å². The van der Waals surface area contributed by atoms with Gasteiger partial charge in [-0.3, -0.25) is 19.2 Å². The van der Waals surface area contributed by atoms with E-state index >= 15 is 0 Å². The summed E-state index contributed by atoms with van der Waals surface area (Å²) in [6.45, 7) is 19.0. The highest BCUT2D eigenvalue weighted by Crippen LogP contribution is 2.34. The van der Waals surface area contributed by atoms with Gasteiger partial charge in [0.2, 0.25) is 11.9 Å². The zero-order valence-electron chi connectivity index (χ0n) is 47.4. The lowest BCUT2D eigenvalue weighted by molar-refractivity contribution is 0.0384. The highest BCUT2D eigenvalue weighted by atomic mass is 16.5. The molecule has 4 N–H and O–H groups in total. The predicted octanol–water partition coefficient (Wildman–Crippen LogP) is 10.7. The summed E-state index contributed by atoms with van der Waals surface area (Å²) in [5.74, 6) is 0.968. The Balaban J connectivity index is 0.782. The van der Waals surface area contributed by atoms with Crippen molar-refractivity contribution >= 4 is 46.7 Å². The van der Waals surface area contributed by atoms with Crippen LogP contribution in [0.15, 0.2) is 134 Å². The zero-order chi connectivity index (χ0) is 56.6. The Kier molecular flexibility index (Phi) is 19.2. The minimum Gasteiger partial charge on any atom is -0.379 e. The van der Waals surface area contributed by atoms with E-state index in [0.717, 1.165) is 135 Å². The summed E-state index contributed by atoms with van der Waals surface area (Å²) in [4.78, 5) is 52.3. The first-order valence-corrected chi connectivity index (χ1v) is 28.7. The van der Waals surface area contributed by atoms with Crippen molar-refractivity contribution in [1.82, 2.24) is 59.3 Å². The number of carbonyl (C=O) groups is 2. The van der Waals surface area contributed by atoms with Crippen molar-refractivity contribution in [3.05, 3.63) is 145 Å². The molecule has 0 aliphatic carbocycles. The second-order valence-electron chi connectivity index (χ2n) is 20.3. The van der Waals surface area contributed by atoms with Crippen molar-refractivity contribution in [3.63, 3.8) is 0 Å². The van der Waals surface area contributed by atoms with E-state index in [4.69, 9.17) is 29.6 Å². The van der Waals surface area contributed by atoms with E-state index < -0.39 is 12.1 Å². The Morgan fingerprint density at radius 1 is 0.573 bits per heavy atom. The maximum atomic E-state index is 14.2. The molecule has 426 valence electrons. The van der Waals surface area contributed by atoms with Gasteiger partial charge in [-0.25, -0.2) is 39.5 Å². The highest BCUT2D eigenvalue weighted by Gasteiger charge is 2.26. The van der Waals surface area contributed by atoms with Crippen molar-refractivity contribution in [2.75, 3.05) is 100 Å². The number of hydrazine groups is 1. The third-order valence-electron chi connectivity index (χ3n) is 14.5. The quantitative estimate of drug-likeness (QED) is 0.0467. The second-order valence-corrected chi connectivity index (χ2v) is 20.3. The van der Waals surface area contributed by atoms with Crippen molar-refractivity contribution in [2.45, 2.75) is 66.5 Å². The van der Waals surface area contributed by atoms with Gasteiger partial charge < -0.3 is 30.7 Å². The SMILES string of the molecule is CCCN(C(=O)Nc1ccc(-c2nn(CC)cc2-c2ccnc(Nc3cccc(CCN4CCOCC4)c3)n2)cc1)N(CCC)C(=O)Nc1ccc(-c2c(-c3ccnc(Nc4cccc(CCN5CCOCC5)c4)n3)cnn2CC)cc1. The van der Waals surface area contributed by atoms with Gasteiger partial charge in [-0.2, -0.15) is 10.2 Å². The van der Waals surface area contributed by atoms with Crippen LogP contribution in [0, 0.1) is 0 Å². The third-order valence-corrected chi connectivity index (χ3v) is 14.5. The van der Waals surface area contributed by atoms with Crippen LogP contribution in [-0.2, 0) is 35.4 Å². The average molecular weight is 1110 g/mol. The first-order chi connectivity index (χ1) is 40.2. The number of carbonyl (C=O) groups excluding carboxylic acids is 2. The van der Waals surface area contributed by atoms with Crippen molar-refractivity contribution in [3.8, 4) is 45.0 Å². The third kappa shape index (κ3) is 14.5. The molecule has 82 heavy (non-hydrogen) atoms. The molecule has 0 radical (unpaired) electrons. The summed E-state index contributed by atoms with van der Waals surface area (Å²) >= 11 is 0. The summed E-state index contributed by atoms with van der Waals surface area (Å²) in [5, 5.41) is 25.6. The smallest absolute Gasteiger partial charge is 0.340 e. The normalized spacial score (nSPS) is 13.9. The number of nitrogens with zero attached hydrogens (tertiary/aromatic N) is 12. The fourth-order valence-corrected chi connectivity index (χ4v) is 10.2. The lowest BCUT2D eigenvalue weighted by Crippen LogP contribution is -2.53. The van der Waals surface area contributed by atoms with Crippen LogP contribution >= 0.6 is 0 Å². The van der Waals surface area contributed by atoms with Gasteiger partial charge >= 0.3 is 12.1 Å². The lowest BCUT2D eigenvalue weighted by Gasteiger charge is -2.34. The number of morpholine rings is 2. The molecule has 20 nitrogen and oxygen atoms in total. The number of urea groups is 2. The van der Waals surface area contributed by atoms with Gasteiger partial charge in [0, 0.05) is 129 Å². The monoisotopic (exact) mass is 1110 g/mol. The molecule has 0 saturated carbocycles. The van der Waals surface area contributed by atoms with Crippen LogP contribution in [0.4, 0.5) is 44.2 Å². The van der Waals surface area contributed by atoms with Gasteiger partial charge in [-0.05, 0) is 111 Å². The van der Waals surface area contributed by atoms with E-state index in [1.807, 2.05) is 122 Å². The molecule has 4 aromatic carbocycles. The molecule has 8 aromatic rings. The van der Waals surface area contributed by atoms with Crippen LogP contribution in [0.1, 0.15) is 51.7 Å². The van der Waals surface area contributed by atoms with E-state index in [1.54, 1.807) is 12.4 Å². The van der Waals surface area contributed by atoms with Crippen LogP contribution < -0.4 is 21.3 Å². The molecular weight excluding hydrogens is 1030 g/mol. The number of benzene rings is 4. The molecule has 2 aliphatic heterocycles. The maximum Gasteiger partial charge on any atom is 0.340 e. The molecule has 2 saturated heterocycles. The zero-order valence-corrected chi connectivity index (χ0v) is 47.4. The van der Waals surface area contributed by atoms with Crippen molar-refractivity contribution < 1.29 is 19.1 Å². The Morgan fingerprint density at radius 2 is 1.07 bits per heavy atom. The lowest BCUT2D eigenvalue weighted by atomic mass is 10.0. The predicted molar refractivity (Wildman–Crippen MR) is 322 cm³/mol. The summed E-state index contributed by atoms with van der Waals surface area (Å²) in [5.41, 5.74) is 12.0. The first-order valence-electron chi connectivity index (χ1n) is 28.7. The molecule has 4 amide bonds. The largest absolute Gasteiger partial charge is 0.379 e. The topological polar surface area (TPSA) is 201 Å². The summed E-state index contributed by atoms with van der Waals surface area (Å²) in [6, 6.07) is 34.9. The van der Waals surface area contributed by atoms with Gasteiger partial charge in [0.15, 0.2) is 0 Å². The fraction of sp³-hybridized carbons (Fsp3) is 0.355. The number of hydrogen-bond donors (Lipinski definition) is 4. The Morgan fingerprint density at radius 3 is 1.56 bits per heavy atom. The molecule has 6 heterocycles. The number of aromatic nitrogens is 8. The highest BCUT2D eigenvalue weighted by molar-refractivity contribution is 5.95. The van der Waals surface area contributed by atoms with Gasteiger partial charge in [0.05, 0.1) is 49.7 Å². The Hall–Kier alpha value is -8.56. The summed E-state index contributed by atoms with van der Waals surface area (Å²) in [6.07, 6.45) is 10.5. The van der Waals surface area contributed by atoms with E-state index in [2.05, 4.69) is 77.4 Å². The standard InChI is InChI=1S/C62H74N16O4/c1-5-29-77(61(79)68-49-19-15-47(16-20-49)57-54(44-75(7-3)72-57)56-24-28-64-60(71-56)67-52-14-10-12-46(42-52)26-32-74-35-39-82-40-36-74)78(30-6-2)62(80)69-50-21-17-48(18-22-50)58-53(43-65-76(58)8-4)55-23-27-63-59(70-55)66-51-13-9-11-45(41-51)25-31-73-33-37-81-38-34-73/h9-24,27-28,41-44H,5-8,25-26,29-40H2,1-4H3,(H,68,79)(H,69,80)(H,63,66,70)(H,64,67,71). The van der Waals surface area contributed by atoms with E-state index in [-0.39, 0.29) is 0 Å². The Bertz CT molecular complexity index is 3370. The number of ether oxygens (including phenoxy) is 2. The number of hydrogen-bond acceptors (Lipinski definition) is 14. The van der Waals surface area contributed by atoms with Crippen LogP contribution in [0.25, 0.3) is 45.0 Å². The van der Waals surface area contributed by atoms with Gasteiger partial charge in [-0.1, -0.05) is 62.4 Å². The van der Waals surface area contributed by atoms with Crippen LogP contribution in [0.2, 0.25) is 0 Å². The number of aryl methyl sites for hydroxylation is 2. The average Bonchev–Trinajstić information content (AvgIpc) is 4.32. The second kappa shape index (κ2) is 27.7. The molecule has 2 aliphatic rings. The molecule has 10 rings (SSSR count). The molecule has 4 aromatic heterocycles.